The lowest BCUT2D eigenvalue weighted by Gasteiger charge is -2.20. The Bertz CT molecular complexity index is 422. The van der Waals surface area contributed by atoms with Crippen molar-refractivity contribution in [1.29, 1.82) is 0 Å². The zero-order chi connectivity index (χ0) is 13.5. The fourth-order valence-corrected chi connectivity index (χ4v) is 1.70. The minimum atomic E-state index is -0.754. The predicted molar refractivity (Wildman–Crippen MR) is 71.9 cm³/mol. The van der Waals surface area contributed by atoms with Gasteiger partial charge in [0, 0.05) is 10.6 Å². The molecule has 0 atom stereocenters. The van der Waals surface area contributed by atoms with E-state index in [1.54, 1.807) is 24.3 Å². The van der Waals surface area contributed by atoms with Crippen LogP contribution < -0.4 is 10.6 Å². The van der Waals surface area contributed by atoms with Crippen molar-refractivity contribution in [2.75, 3.05) is 11.8 Å². The van der Waals surface area contributed by atoms with E-state index >= 15 is 0 Å². The van der Waals surface area contributed by atoms with Gasteiger partial charge in [-0.05, 0) is 6.07 Å². The number of carbonyl (C=O) groups is 2. The van der Waals surface area contributed by atoms with Crippen molar-refractivity contribution in [3.05, 3.63) is 34.9 Å². The first-order chi connectivity index (χ1) is 8.58. The van der Waals surface area contributed by atoms with Crippen molar-refractivity contribution in [2.24, 2.45) is 0 Å². The van der Waals surface area contributed by atoms with Crippen LogP contribution in [0.3, 0.4) is 0 Å². The Labute approximate surface area is 120 Å². The highest BCUT2D eigenvalue weighted by Gasteiger charge is 2.18. The van der Waals surface area contributed by atoms with Crippen LogP contribution in [-0.2, 0) is 9.59 Å². The number of hydrogen-bond acceptors (Lipinski definition) is 2. The van der Waals surface area contributed by atoms with Crippen LogP contribution in [0.1, 0.15) is 11.7 Å². The smallest absolute Gasteiger partial charge is 0.236 e. The molecule has 0 fully saturated rings. The molecular weight excluding hydrogens is 298 g/mol. The Hall–Kier alpha value is -0.970. The van der Waals surface area contributed by atoms with Crippen LogP contribution in [0.2, 0.25) is 5.02 Å². The summed E-state index contributed by atoms with van der Waals surface area (Å²) in [6.07, 6.45) is -0.754. The zero-order valence-electron chi connectivity index (χ0n) is 9.25. The second-order valence-corrected chi connectivity index (χ2v) is 4.30. The molecule has 0 saturated heterocycles. The van der Waals surface area contributed by atoms with E-state index in [4.69, 9.17) is 34.8 Å². The van der Waals surface area contributed by atoms with E-state index in [2.05, 4.69) is 10.6 Å². The van der Waals surface area contributed by atoms with Crippen molar-refractivity contribution in [3.63, 3.8) is 0 Å². The minimum absolute atomic E-state index is 0.211. The molecule has 1 rings (SSSR count). The van der Waals surface area contributed by atoms with E-state index in [-0.39, 0.29) is 11.8 Å². The summed E-state index contributed by atoms with van der Waals surface area (Å²) in [6, 6.07) is 6.84. The molecule has 7 heteroatoms. The van der Waals surface area contributed by atoms with E-state index in [0.717, 1.165) is 0 Å². The Morgan fingerprint density at radius 3 is 2.00 bits per heavy atom. The molecule has 0 aliphatic rings. The van der Waals surface area contributed by atoms with Gasteiger partial charge in [0.2, 0.25) is 11.8 Å². The maximum absolute atomic E-state index is 11.3. The number of alkyl halides is 2. The maximum Gasteiger partial charge on any atom is 0.236 e. The highest BCUT2D eigenvalue weighted by atomic mass is 35.5. The molecule has 0 heterocycles. The highest BCUT2D eigenvalue weighted by molar-refractivity contribution is 6.31. The van der Waals surface area contributed by atoms with Crippen LogP contribution in [0.5, 0.6) is 0 Å². The molecule has 2 amide bonds. The van der Waals surface area contributed by atoms with Gasteiger partial charge in [-0.1, -0.05) is 29.8 Å². The lowest BCUT2D eigenvalue weighted by atomic mass is 10.1. The summed E-state index contributed by atoms with van der Waals surface area (Å²) in [6.45, 7) is 0. The first-order valence-electron chi connectivity index (χ1n) is 5.03. The molecule has 4 nitrogen and oxygen atoms in total. The first-order valence-corrected chi connectivity index (χ1v) is 6.48. The number of nitrogens with one attached hydrogen (secondary N) is 2. The molecular formula is C11H11Cl3N2O2. The molecule has 0 aliphatic heterocycles. The van der Waals surface area contributed by atoms with Gasteiger partial charge in [0.1, 0.15) is 17.9 Å². The van der Waals surface area contributed by atoms with E-state index < -0.39 is 18.0 Å². The topological polar surface area (TPSA) is 58.2 Å². The van der Waals surface area contributed by atoms with Crippen LogP contribution in [-0.4, -0.2) is 23.6 Å². The number of amides is 2. The largest absolute Gasteiger partial charge is 0.331 e. The Morgan fingerprint density at radius 2 is 1.56 bits per heavy atom. The third-order valence-corrected chi connectivity index (χ3v) is 2.90. The number of benzene rings is 1. The molecule has 2 N–H and O–H groups in total. The number of hydrogen-bond donors (Lipinski definition) is 2. The first kappa shape index (κ1) is 15.1. The Balaban J connectivity index is 2.93. The molecule has 98 valence electrons. The third-order valence-electron chi connectivity index (χ3n) is 2.07. The van der Waals surface area contributed by atoms with Crippen molar-refractivity contribution < 1.29 is 9.59 Å². The van der Waals surface area contributed by atoms with E-state index in [1.165, 1.54) is 0 Å². The average molecular weight is 310 g/mol. The fraction of sp³-hybridized carbons (Fsp3) is 0.273. The summed E-state index contributed by atoms with van der Waals surface area (Å²) in [7, 11) is 0. The number of carbonyl (C=O) groups excluding carboxylic acids is 2. The standard InChI is InChI=1S/C11H11Cl3N2O2/c12-5-9(17)15-11(16-10(18)6-13)7-3-1-2-4-8(7)14/h1-4,11H,5-6H2,(H,15,17)(H,16,18). The van der Waals surface area contributed by atoms with Gasteiger partial charge in [-0.3, -0.25) is 9.59 Å². The molecule has 0 unspecified atom stereocenters. The molecule has 0 radical (unpaired) electrons. The van der Waals surface area contributed by atoms with Crippen LogP contribution in [0.25, 0.3) is 0 Å². The average Bonchev–Trinajstić information content (AvgIpc) is 2.38. The molecule has 0 bridgehead atoms. The van der Waals surface area contributed by atoms with Crippen LogP contribution in [0.15, 0.2) is 24.3 Å². The van der Waals surface area contributed by atoms with Gasteiger partial charge in [-0.15, -0.1) is 23.2 Å². The molecule has 1 aromatic rings. The molecule has 0 aliphatic carbocycles. The van der Waals surface area contributed by atoms with E-state index in [0.29, 0.717) is 10.6 Å². The Morgan fingerprint density at radius 1 is 1.06 bits per heavy atom. The fourth-order valence-electron chi connectivity index (χ4n) is 1.30. The lowest BCUT2D eigenvalue weighted by Crippen LogP contribution is -2.42. The molecule has 0 spiro atoms. The summed E-state index contributed by atoms with van der Waals surface area (Å²) < 4.78 is 0. The van der Waals surface area contributed by atoms with Crippen LogP contribution in [0, 0.1) is 0 Å². The second-order valence-electron chi connectivity index (χ2n) is 3.36. The second kappa shape index (κ2) is 7.46. The summed E-state index contributed by atoms with van der Waals surface area (Å²) in [5.74, 6) is -1.26. The predicted octanol–water partition coefficient (Wildman–Crippen LogP) is 2.05. The normalized spacial score (nSPS) is 10.2. The SMILES string of the molecule is O=C(CCl)NC(NC(=O)CCl)c1ccccc1Cl. The molecule has 0 saturated carbocycles. The quantitative estimate of drug-likeness (QED) is 0.646. The van der Waals surface area contributed by atoms with Crippen molar-refractivity contribution in [2.45, 2.75) is 6.17 Å². The Kier molecular flexibility index (Phi) is 6.25. The number of halogens is 3. The minimum Gasteiger partial charge on any atom is -0.331 e. The van der Waals surface area contributed by atoms with Crippen LogP contribution >= 0.6 is 34.8 Å². The van der Waals surface area contributed by atoms with E-state index in [1.807, 2.05) is 0 Å². The maximum atomic E-state index is 11.3. The summed E-state index contributed by atoms with van der Waals surface area (Å²) in [5.41, 5.74) is 0.566. The van der Waals surface area contributed by atoms with Gasteiger partial charge in [0.25, 0.3) is 0 Å². The highest BCUT2D eigenvalue weighted by Crippen LogP contribution is 2.21. The van der Waals surface area contributed by atoms with Gasteiger partial charge in [-0.2, -0.15) is 0 Å². The molecule has 18 heavy (non-hydrogen) atoms. The van der Waals surface area contributed by atoms with Gasteiger partial charge in [0.15, 0.2) is 0 Å². The molecule has 1 aromatic carbocycles. The van der Waals surface area contributed by atoms with Crippen LogP contribution in [0.4, 0.5) is 0 Å². The van der Waals surface area contributed by atoms with Gasteiger partial charge < -0.3 is 10.6 Å². The van der Waals surface area contributed by atoms with E-state index in [9.17, 15) is 9.59 Å². The van der Waals surface area contributed by atoms with Crippen molar-refractivity contribution in [1.82, 2.24) is 10.6 Å². The summed E-state index contributed by atoms with van der Waals surface area (Å²) in [5, 5.41) is 5.51. The summed E-state index contributed by atoms with van der Waals surface area (Å²) in [4.78, 5) is 22.6. The lowest BCUT2D eigenvalue weighted by molar-refractivity contribution is -0.122. The van der Waals surface area contributed by atoms with Gasteiger partial charge >= 0.3 is 0 Å². The third kappa shape index (κ3) is 4.37. The monoisotopic (exact) mass is 308 g/mol. The van der Waals surface area contributed by atoms with Gasteiger partial charge in [0.05, 0.1) is 0 Å². The summed E-state index contributed by atoms with van der Waals surface area (Å²) >= 11 is 16.8. The molecule has 0 aromatic heterocycles. The van der Waals surface area contributed by atoms with Crippen molar-refractivity contribution >= 4 is 46.6 Å². The zero-order valence-corrected chi connectivity index (χ0v) is 11.5. The van der Waals surface area contributed by atoms with Crippen molar-refractivity contribution in [3.8, 4) is 0 Å². The number of rotatable bonds is 5. The van der Waals surface area contributed by atoms with Gasteiger partial charge in [-0.25, -0.2) is 0 Å².